The summed E-state index contributed by atoms with van der Waals surface area (Å²) in [5, 5.41) is 1.40. The molecular weight excluding hydrogens is 444 g/mol. The maximum Gasteiger partial charge on any atom is 0.241 e. The number of ketones is 1. The van der Waals surface area contributed by atoms with Crippen LogP contribution in [0, 0.1) is 0 Å². The Morgan fingerprint density at radius 1 is 1.22 bits per heavy atom. The largest absolute Gasteiger partial charge is 0.298 e. The first-order valence-corrected chi connectivity index (χ1v) is 10.8. The van der Waals surface area contributed by atoms with Gasteiger partial charge >= 0.3 is 0 Å². The molecular formula is C20H15BrN2O2S2. The van der Waals surface area contributed by atoms with Gasteiger partial charge in [0.05, 0.1) is 27.0 Å². The normalized spacial score (nSPS) is 18.6. The highest BCUT2D eigenvalue weighted by molar-refractivity contribution is 9.10. The summed E-state index contributed by atoms with van der Waals surface area (Å²) in [6.07, 6.45) is 1.91. The van der Waals surface area contributed by atoms with E-state index in [9.17, 15) is 9.59 Å². The van der Waals surface area contributed by atoms with Crippen LogP contribution in [-0.4, -0.2) is 33.4 Å². The lowest BCUT2D eigenvalue weighted by atomic mass is 10.1. The van der Waals surface area contributed by atoms with E-state index in [4.69, 9.17) is 0 Å². The molecule has 4 nitrogen and oxygen atoms in total. The summed E-state index contributed by atoms with van der Waals surface area (Å²) >= 11 is 6.41. The molecule has 1 saturated heterocycles. The second kappa shape index (κ2) is 7.58. The minimum absolute atomic E-state index is 0.0362. The molecule has 1 aromatic heterocycles. The van der Waals surface area contributed by atoms with Crippen molar-refractivity contribution in [2.45, 2.75) is 12.2 Å². The third-order valence-electron chi connectivity index (χ3n) is 4.20. The van der Waals surface area contributed by atoms with Crippen LogP contribution < -0.4 is 0 Å². The average Bonchev–Trinajstić information content (AvgIpc) is 3.18. The predicted octanol–water partition coefficient (Wildman–Crippen LogP) is 5.20. The lowest BCUT2D eigenvalue weighted by molar-refractivity contribution is -0.126. The van der Waals surface area contributed by atoms with E-state index in [-0.39, 0.29) is 23.5 Å². The number of nitrogens with zero attached hydrogens (tertiary/aromatic N) is 2. The van der Waals surface area contributed by atoms with E-state index < -0.39 is 0 Å². The number of benzene rings is 2. The van der Waals surface area contributed by atoms with Crippen molar-refractivity contribution in [2.75, 3.05) is 6.54 Å². The van der Waals surface area contributed by atoms with Gasteiger partial charge in [0.2, 0.25) is 5.91 Å². The molecule has 0 spiro atoms. The Kier molecular flexibility index (Phi) is 5.16. The van der Waals surface area contributed by atoms with Crippen LogP contribution in [0.3, 0.4) is 0 Å². The van der Waals surface area contributed by atoms with Crippen LogP contribution >= 0.6 is 39.0 Å². The number of Topliss-reactive ketones (excluding diaryl/α,β-unsaturated/α-hetero) is 1. The van der Waals surface area contributed by atoms with Gasteiger partial charge in [-0.2, -0.15) is 0 Å². The third kappa shape index (κ3) is 3.85. The molecule has 0 saturated carbocycles. The zero-order chi connectivity index (χ0) is 19.0. The van der Waals surface area contributed by atoms with Crippen LogP contribution in [0.15, 0.2) is 58.0 Å². The fraction of sp³-hybridized carbons (Fsp3) is 0.150. The Labute approximate surface area is 173 Å². The van der Waals surface area contributed by atoms with E-state index >= 15 is 0 Å². The monoisotopic (exact) mass is 458 g/mol. The number of rotatable bonds is 4. The summed E-state index contributed by atoms with van der Waals surface area (Å²) in [5.41, 5.74) is 1.53. The van der Waals surface area contributed by atoms with Gasteiger partial charge in [0, 0.05) is 16.1 Å². The van der Waals surface area contributed by atoms with Crippen molar-refractivity contribution in [1.29, 1.82) is 0 Å². The van der Waals surface area contributed by atoms with Crippen molar-refractivity contribution in [2.24, 2.45) is 0 Å². The first kappa shape index (κ1) is 18.4. The lowest BCUT2D eigenvalue weighted by Crippen LogP contribution is -2.32. The molecule has 0 radical (unpaired) electrons. The van der Waals surface area contributed by atoms with E-state index in [0.29, 0.717) is 5.56 Å². The molecule has 1 aliphatic rings. The van der Waals surface area contributed by atoms with Crippen LogP contribution in [0.25, 0.3) is 16.3 Å². The Balaban J connectivity index is 1.61. The number of carbonyl (C=O) groups excluding carboxylic acids is 2. The third-order valence-corrected chi connectivity index (χ3v) is 6.85. The van der Waals surface area contributed by atoms with Gasteiger partial charge in [-0.15, -0.1) is 11.3 Å². The van der Waals surface area contributed by atoms with Gasteiger partial charge in [0.25, 0.3) is 0 Å². The fourth-order valence-electron chi connectivity index (χ4n) is 2.82. The number of aromatic nitrogens is 1. The van der Waals surface area contributed by atoms with Crippen molar-refractivity contribution in [1.82, 2.24) is 9.88 Å². The molecule has 3 aromatic rings. The molecule has 136 valence electrons. The van der Waals surface area contributed by atoms with Gasteiger partial charge in [-0.3, -0.25) is 14.5 Å². The molecule has 27 heavy (non-hydrogen) atoms. The van der Waals surface area contributed by atoms with Crippen molar-refractivity contribution >= 4 is 67.0 Å². The second-order valence-corrected chi connectivity index (χ2v) is 9.46. The summed E-state index contributed by atoms with van der Waals surface area (Å²) in [7, 11) is 0. The number of amides is 1. The summed E-state index contributed by atoms with van der Waals surface area (Å²) in [6.45, 7) is 1.90. The van der Waals surface area contributed by atoms with Crippen LogP contribution in [0.2, 0.25) is 0 Å². The Bertz CT molecular complexity index is 1030. The van der Waals surface area contributed by atoms with Gasteiger partial charge in [0.1, 0.15) is 5.01 Å². The Hall–Kier alpha value is -1.96. The minimum atomic E-state index is -0.205. The van der Waals surface area contributed by atoms with E-state index in [1.807, 2.05) is 49.4 Å². The van der Waals surface area contributed by atoms with Gasteiger partial charge < -0.3 is 0 Å². The summed E-state index contributed by atoms with van der Waals surface area (Å²) in [4.78, 5) is 31.4. The molecule has 0 bridgehead atoms. The van der Waals surface area contributed by atoms with Gasteiger partial charge in [-0.1, -0.05) is 52.0 Å². The highest BCUT2D eigenvalue weighted by atomic mass is 79.9. The number of halogens is 1. The summed E-state index contributed by atoms with van der Waals surface area (Å²) in [6, 6.07) is 15.1. The van der Waals surface area contributed by atoms with Crippen LogP contribution in [0.5, 0.6) is 0 Å². The Morgan fingerprint density at radius 2 is 1.96 bits per heavy atom. The molecule has 2 heterocycles. The summed E-state index contributed by atoms with van der Waals surface area (Å²) < 4.78 is 2.01. The molecule has 4 rings (SSSR count). The topological polar surface area (TPSA) is 50.3 Å². The lowest BCUT2D eigenvalue weighted by Gasteiger charge is -2.16. The number of thiazole rings is 1. The van der Waals surface area contributed by atoms with E-state index in [2.05, 4.69) is 20.9 Å². The molecule has 7 heteroatoms. The van der Waals surface area contributed by atoms with Gasteiger partial charge in [0.15, 0.2) is 5.78 Å². The summed E-state index contributed by atoms with van der Waals surface area (Å²) in [5.74, 6) is -0.126. The van der Waals surface area contributed by atoms with E-state index in [1.165, 1.54) is 11.8 Å². The molecule has 2 aromatic carbocycles. The first-order valence-electron chi connectivity index (χ1n) is 8.35. The molecule has 1 amide bonds. The quantitative estimate of drug-likeness (QED) is 0.503. The zero-order valence-electron chi connectivity index (χ0n) is 14.4. The molecule has 0 aliphatic carbocycles. The molecule has 0 unspecified atom stereocenters. The fourth-order valence-corrected chi connectivity index (χ4v) is 5.11. The number of fused-ring (bicyclic) bond motifs is 1. The maximum absolute atomic E-state index is 12.6. The van der Waals surface area contributed by atoms with Gasteiger partial charge in [-0.05, 0) is 31.2 Å². The van der Waals surface area contributed by atoms with Crippen molar-refractivity contribution in [3.8, 4) is 0 Å². The first-order chi connectivity index (χ1) is 13.0. The van der Waals surface area contributed by atoms with Crippen molar-refractivity contribution in [3.63, 3.8) is 0 Å². The van der Waals surface area contributed by atoms with Crippen LogP contribution in [0.1, 0.15) is 22.3 Å². The smallest absolute Gasteiger partial charge is 0.241 e. The van der Waals surface area contributed by atoms with Crippen LogP contribution in [-0.2, 0) is 4.79 Å². The maximum atomic E-state index is 12.6. The SMILES string of the molecule is C[C@@H]1S/C(=C\c2nc3ccccc3s2)N(CC(=O)c2ccc(Br)cc2)C1=O. The number of carbonyl (C=O) groups is 2. The molecule has 1 aliphatic heterocycles. The molecule has 1 atom stereocenters. The van der Waals surface area contributed by atoms with Crippen LogP contribution in [0.4, 0.5) is 0 Å². The number of para-hydroxylation sites is 1. The van der Waals surface area contributed by atoms with Crippen molar-refractivity contribution < 1.29 is 9.59 Å². The van der Waals surface area contributed by atoms with E-state index in [1.54, 1.807) is 28.4 Å². The minimum Gasteiger partial charge on any atom is -0.298 e. The highest BCUT2D eigenvalue weighted by Gasteiger charge is 2.35. The molecule has 1 fully saturated rings. The Morgan fingerprint density at radius 3 is 2.70 bits per heavy atom. The van der Waals surface area contributed by atoms with Crippen molar-refractivity contribution in [3.05, 3.63) is 68.6 Å². The predicted molar refractivity (Wildman–Crippen MR) is 115 cm³/mol. The average molecular weight is 459 g/mol. The zero-order valence-corrected chi connectivity index (χ0v) is 17.6. The van der Waals surface area contributed by atoms with Gasteiger partial charge in [-0.25, -0.2) is 4.98 Å². The second-order valence-electron chi connectivity index (χ2n) is 6.12. The number of thioether (sulfide) groups is 1. The highest BCUT2D eigenvalue weighted by Crippen LogP contribution is 2.37. The van der Waals surface area contributed by atoms with E-state index in [0.717, 1.165) is 24.7 Å². The molecule has 0 N–H and O–H groups in total. The number of hydrogen-bond acceptors (Lipinski definition) is 5. The standard InChI is InChI=1S/C20H15BrN2O2S2/c1-12-20(25)23(11-16(24)13-6-8-14(21)9-7-13)19(26-12)10-18-22-15-4-2-3-5-17(15)27-18/h2-10,12H,11H2,1H3/b19-10-/t12-/m0/s1. The number of hydrogen-bond donors (Lipinski definition) is 0.